The van der Waals surface area contributed by atoms with Crippen molar-refractivity contribution in [2.75, 3.05) is 17.7 Å². The first-order valence-corrected chi connectivity index (χ1v) is 8.73. The molecule has 0 unspecified atom stereocenters. The van der Waals surface area contributed by atoms with Crippen LogP contribution in [0.25, 0.3) is 0 Å². The number of aryl methyl sites for hydroxylation is 1. The van der Waals surface area contributed by atoms with Crippen molar-refractivity contribution in [3.05, 3.63) is 77.4 Å². The van der Waals surface area contributed by atoms with Gasteiger partial charge in [0, 0.05) is 11.3 Å². The molecule has 0 atom stereocenters. The average molecular weight is 374 g/mol. The van der Waals surface area contributed by atoms with Gasteiger partial charge in [0.1, 0.15) is 11.5 Å². The van der Waals surface area contributed by atoms with Gasteiger partial charge in [0.05, 0.1) is 18.4 Å². The van der Waals surface area contributed by atoms with Crippen LogP contribution in [-0.4, -0.2) is 18.9 Å². The summed E-state index contributed by atoms with van der Waals surface area (Å²) in [7, 11) is 1.57. The summed E-state index contributed by atoms with van der Waals surface area (Å²) in [6.07, 6.45) is 0. The summed E-state index contributed by atoms with van der Waals surface area (Å²) in [5, 5.41) is 5.64. The number of rotatable bonds is 3. The lowest BCUT2D eigenvalue weighted by Crippen LogP contribution is -2.14. The van der Waals surface area contributed by atoms with E-state index in [-0.39, 0.29) is 11.8 Å². The van der Waals surface area contributed by atoms with Gasteiger partial charge in [-0.3, -0.25) is 9.59 Å². The molecule has 0 radical (unpaired) electrons. The number of benzene rings is 3. The average Bonchev–Trinajstić information content (AvgIpc) is 2.83. The SMILES string of the molecule is COc1ccc(C(=O)Nc2ccc3c(c2)C(=O)Nc2ccc(C)cc2O3)cc1. The van der Waals surface area contributed by atoms with Gasteiger partial charge >= 0.3 is 0 Å². The van der Waals surface area contributed by atoms with Crippen molar-refractivity contribution < 1.29 is 19.1 Å². The summed E-state index contributed by atoms with van der Waals surface area (Å²) in [6, 6.07) is 17.3. The molecule has 0 saturated heterocycles. The summed E-state index contributed by atoms with van der Waals surface area (Å²) < 4.78 is 11.0. The first-order chi connectivity index (χ1) is 13.5. The summed E-state index contributed by atoms with van der Waals surface area (Å²) in [5.74, 6) is 1.12. The molecule has 2 amide bonds. The fraction of sp³-hybridized carbons (Fsp3) is 0.0909. The molecule has 1 aliphatic heterocycles. The smallest absolute Gasteiger partial charge is 0.259 e. The maximum Gasteiger partial charge on any atom is 0.259 e. The second-order valence-corrected chi connectivity index (χ2v) is 6.45. The maximum absolute atomic E-state index is 12.6. The third-order valence-corrected chi connectivity index (χ3v) is 4.44. The Morgan fingerprint density at radius 3 is 2.54 bits per heavy atom. The van der Waals surface area contributed by atoms with E-state index < -0.39 is 0 Å². The van der Waals surface area contributed by atoms with Crippen molar-refractivity contribution in [2.24, 2.45) is 0 Å². The molecule has 0 aliphatic carbocycles. The molecule has 140 valence electrons. The van der Waals surface area contributed by atoms with Gasteiger partial charge < -0.3 is 20.1 Å². The number of amides is 2. The van der Waals surface area contributed by atoms with Crippen molar-refractivity contribution >= 4 is 23.2 Å². The standard InChI is InChI=1S/C22H18N2O4/c1-13-3-9-18-20(11-13)28-19-10-6-15(12-17(19)22(26)24-18)23-21(25)14-4-7-16(27-2)8-5-14/h3-12H,1-2H3,(H,23,25)(H,24,26). The lowest BCUT2D eigenvalue weighted by molar-refractivity contribution is 0.101. The highest BCUT2D eigenvalue weighted by atomic mass is 16.5. The minimum absolute atomic E-state index is 0.281. The normalized spacial score (nSPS) is 12.0. The first kappa shape index (κ1) is 17.6. The van der Waals surface area contributed by atoms with Crippen LogP contribution in [-0.2, 0) is 0 Å². The highest BCUT2D eigenvalue weighted by molar-refractivity contribution is 6.10. The number of hydrogen-bond acceptors (Lipinski definition) is 4. The van der Waals surface area contributed by atoms with Crippen LogP contribution in [0.3, 0.4) is 0 Å². The van der Waals surface area contributed by atoms with Crippen LogP contribution in [0.1, 0.15) is 26.3 Å². The van der Waals surface area contributed by atoms with Gasteiger partial charge in [0.15, 0.2) is 5.75 Å². The Kier molecular flexibility index (Phi) is 4.45. The van der Waals surface area contributed by atoms with Crippen LogP contribution in [0.5, 0.6) is 17.2 Å². The number of carbonyl (C=O) groups excluding carboxylic acids is 2. The topological polar surface area (TPSA) is 76.7 Å². The van der Waals surface area contributed by atoms with Gasteiger partial charge in [-0.15, -0.1) is 0 Å². The molecule has 0 saturated carbocycles. The third kappa shape index (κ3) is 3.40. The Labute approximate surface area is 162 Å². The van der Waals surface area contributed by atoms with Crippen LogP contribution in [0, 0.1) is 6.92 Å². The fourth-order valence-electron chi connectivity index (χ4n) is 2.95. The highest BCUT2D eigenvalue weighted by Gasteiger charge is 2.21. The zero-order valence-corrected chi connectivity index (χ0v) is 15.4. The van der Waals surface area contributed by atoms with Gasteiger partial charge in [-0.1, -0.05) is 6.07 Å². The van der Waals surface area contributed by atoms with E-state index in [1.165, 1.54) is 0 Å². The van der Waals surface area contributed by atoms with Crippen LogP contribution >= 0.6 is 0 Å². The number of hydrogen-bond donors (Lipinski definition) is 2. The lowest BCUT2D eigenvalue weighted by Gasteiger charge is -2.10. The molecule has 6 nitrogen and oxygen atoms in total. The van der Waals surface area contributed by atoms with Crippen LogP contribution in [0.4, 0.5) is 11.4 Å². The molecule has 0 aromatic heterocycles. The third-order valence-electron chi connectivity index (χ3n) is 4.44. The largest absolute Gasteiger partial charge is 0.497 e. The van der Waals surface area contributed by atoms with Gasteiger partial charge in [-0.25, -0.2) is 0 Å². The predicted molar refractivity (Wildman–Crippen MR) is 107 cm³/mol. The van der Waals surface area contributed by atoms with Gasteiger partial charge in [-0.2, -0.15) is 0 Å². The molecule has 0 fully saturated rings. The number of fused-ring (bicyclic) bond motifs is 2. The molecule has 1 aliphatic rings. The summed E-state index contributed by atoms with van der Waals surface area (Å²) in [4.78, 5) is 25.1. The van der Waals surface area contributed by atoms with Crippen molar-refractivity contribution in [3.63, 3.8) is 0 Å². The molecule has 6 heteroatoms. The second-order valence-electron chi connectivity index (χ2n) is 6.45. The maximum atomic E-state index is 12.6. The van der Waals surface area contributed by atoms with Crippen LogP contribution < -0.4 is 20.1 Å². The molecule has 0 bridgehead atoms. The van der Waals surface area contributed by atoms with Crippen molar-refractivity contribution in [2.45, 2.75) is 6.92 Å². The van der Waals surface area contributed by atoms with E-state index in [0.717, 1.165) is 5.56 Å². The number of ether oxygens (including phenoxy) is 2. The van der Waals surface area contributed by atoms with Crippen LogP contribution in [0.15, 0.2) is 60.7 Å². The zero-order valence-electron chi connectivity index (χ0n) is 15.4. The van der Waals surface area contributed by atoms with E-state index in [1.54, 1.807) is 55.6 Å². The van der Waals surface area contributed by atoms with Crippen molar-refractivity contribution in [1.29, 1.82) is 0 Å². The van der Waals surface area contributed by atoms with Crippen LogP contribution in [0.2, 0.25) is 0 Å². The summed E-state index contributed by atoms with van der Waals surface area (Å²) in [6.45, 7) is 1.95. The molecule has 3 aromatic rings. The summed E-state index contributed by atoms with van der Waals surface area (Å²) >= 11 is 0. The number of anilines is 2. The van der Waals surface area contributed by atoms with Crippen molar-refractivity contribution in [3.8, 4) is 17.2 Å². The second kappa shape index (κ2) is 7.08. The van der Waals surface area contributed by atoms with E-state index in [0.29, 0.717) is 39.8 Å². The quantitative estimate of drug-likeness (QED) is 0.702. The predicted octanol–water partition coefficient (Wildman–Crippen LogP) is 4.61. The molecule has 0 spiro atoms. The fourth-order valence-corrected chi connectivity index (χ4v) is 2.95. The Hall–Kier alpha value is -3.80. The Bertz CT molecular complexity index is 1070. The zero-order chi connectivity index (χ0) is 19.7. The van der Waals surface area contributed by atoms with Gasteiger partial charge in [0.2, 0.25) is 0 Å². The summed E-state index contributed by atoms with van der Waals surface area (Å²) in [5.41, 5.74) is 2.97. The minimum Gasteiger partial charge on any atom is -0.497 e. The lowest BCUT2D eigenvalue weighted by atomic mass is 10.1. The molecule has 3 aromatic carbocycles. The Balaban J connectivity index is 1.59. The first-order valence-electron chi connectivity index (χ1n) is 8.73. The monoisotopic (exact) mass is 374 g/mol. The molecule has 1 heterocycles. The van der Waals surface area contributed by atoms with E-state index >= 15 is 0 Å². The van der Waals surface area contributed by atoms with E-state index in [4.69, 9.17) is 9.47 Å². The Morgan fingerprint density at radius 2 is 1.79 bits per heavy atom. The molecular formula is C22H18N2O4. The number of methoxy groups -OCH3 is 1. The Morgan fingerprint density at radius 1 is 1.00 bits per heavy atom. The number of nitrogens with one attached hydrogen (secondary N) is 2. The molecule has 2 N–H and O–H groups in total. The molecule has 4 rings (SSSR count). The highest BCUT2D eigenvalue weighted by Crippen LogP contribution is 2.37. The number of carbonyl (C=O) groups is 2. The van der Waals surface area contributed by atoms with E-state index in [9.17, 15) is 9.59 Å². The van der Waals surface area contributed by atoms with E-state index in [2.05, 4.69) is 10.6 Å². The van der Waals surface area contributed by atoms with Gasteiger partial charge in [0.25, 0.3) is 11.8 Å². The van der Waals surface area contributed by atoms with E-state index in [1.807, 2.05) is 19.1 Å². The van der Waals surface area contributed by atoms with Crippen molar-refractivity contribution in [1.82, 2.24) is 0 Å². The molecular weight excluding hydrogens is 356 g/mol. The minimum atomic E-state index is -0.293. The van der Waals surface area contributed by atoms with Gasteiger partial charge in [-0.05, 0) is 67.1 Å². The molecule has 28 heavy (non-hydrogen) atoms.